The van der Waals surface area contributed by atoms with Crippen LogP contribution in [0.4, 0.5) is 8.78 Å². The standard InChI is InChI=1S/C22H28F2N4OS/c1-15(2)20-19(25-26-30-20)21(29)27-10-3-7-22(9-12-27)8-4-11-28(22)14-16-13-17(23)5-6-18(16)24/h5-6,13,15H,3-4,7-12,14H2,1-2H3. The Morgan fingerprint density at radius 2 is 1.93 bits per heavy atom. The third-order valence-electron chi connectivity index (χ3n) is 6.55. The molecule has 5 nitrogen and oxygen atoms in total. The third-order valence-corrected chi connectivity index (χ3v) is 7.58. The second-order valence-corrected chi connectivity index (χ2v) is 9.56. The molecule has 0 N–H and O–H groups in total. The molecule has 4 rings (SSSR count). The third kappa shape index (κ3) is 4.12. The van der Waals surface area contributed by atoms with Crippen molar-refractivity contribution >= 4 is 17.4 Å². The summed E-state index contributed by atoms with van der Waals surface area (Å²) in [4.78, 5) is 18.3. The number of amides is 1. The second-order valence-electron chi connectivity index (χ2n) is 8.77. The van der Waals surface area contributed by atoms with Gasteiger partial charge in [-0.3, -0.25) is 9.69 Å². The molecule has 0 saturated carbocycles. The molecule has 1 aromatic heterocycles. The fourth-order valence-electron chi connectivity index (χ4n) is 4.93. The lowest BCUT2D eigenvalue weighted by molar-refractivity contribution is 0.0730. The molecule has 8 heteroatoms. The number of hydrogen-bond acceptors (Lipinski definition) is 5. The Bertz CT molecular complexity index is 918. The van der Waals surface area contributed by atoms with Gasteiger partial charge in [0.05, 0.1) is 4.88 Å². The summed E-state index contributed by atoms with van der Waals surface area (Å²) in [7, 11) is 0. The minimum atomic E-state index is -0.407. The Morgan fingerprint density at radius 1 is 1.17 bits per heavy atom. The number of carbonyl (C=O) groups is 1. The van der Waals surface area contributed by atoms with Crippen LogP contribution < -0.4 is 0 Å². The monoisotopic (exact) mass is 434 g/mol. The van der Waals surface area contributed by atoms with Gasteiger partial charge in [-0.05, 0) is 74.3 Å². The smallest absolute Gasteiger partial charge is 0.275 e. The molecular weight excluding hydrogens is 406 g/mol. The molecular formula is C22H28F2N4OS. The number of halogens is 2. The highest BCUT2D eigenvalue weighted by Gasteiger charge is 2.42. The van der Waals surface area contributed by atoms with E-state index >= 15 is 0 Å². The zero-order chi connectivity index (χ0) is 21.3. The lowest BCUT2D eigenvalue weighted by Crippen LogP contribution is -2.44. The van der Waals surface area contributed by atoms with Crippen LogP contribution in [-0.4, -0.2) is 50.5 Å². The van der Waals surface area contributed by atoms with E-state index in [-0.39, 0.29) is 23.2 Å². The Balaban J connectivity index is 1.49. The van der Waals surface area contributed by atoms with Crippen molar-refractivity contribution in [2.45, 2.75) is 64.0 Å². The molecule has 2 saturated heterocycles. The maximum Gasteiger partial charge on any atom is 0.275 e. The lowest BCUT2D eigenvalue weighted by Gasteiger charge is -2.38. The van der Waals surface area contributed by atoms with Crippen LogP contribution in [0.5, 0.6) is 0 Å². The van der Waals surface area contributed by atoms with E-state index < -0.39 is 5.82 Å². The van der Waals surface area contributed by atoms with Crippen molar-refractivity contribution in [3.8, 4) is 0 Å². The van der Waals surface area contributed by atoms with Crippen molar-refractivity contribution in [2.75, 3.05) is 19.6 Å². The quantitative estimate of drug-likeness (QED) is 0.706. The van der Waals surface area contributed by atoms with Crippen LogP contribution in [-0.2, 0) is 6.54 Å². The van der Waals surface area contributed by atoms with Crippen LogP contribution in [0.3, 0.4) is 0 Å². The van der Waals surface area contributed by atoms with E-state index in [1.807, 2.05) is 18.7 Å². The molecule has 30 heavy (non-hydrogen) atoms. The minimum absolute atomic E-state index is 0.0368. The average Bonchev–Trinajstić information content (AvgIpc) is 3.29. The van der Waals surface area contributed by atoms with E-state index in [9.17, 15) is 13.6 Å². The zero-order valence-electron chi connectivity index (χ0n) is 17.5. The maximum absolute atomic E-state index is 14.2. The van der Waals surface area contributed by atoms with Crippen LogP contribution in [0.2, 0.25) is 0 Å². The highest BCUT2D eigenvalue weighted by molar-refractivity contribution is 7.05. The summed E-state index contributed by atoms with van der Waals surface area (Å²) in [6, 6.07) is 3.66. The summed E-state index contributed by atoms with van der Waals surface area (Å²) < 4.78 is 31.9. The van der Waals surface area contributed by atoms with Gasteiger partial charge in [-0.2, -0.15) is 0 Å². The van der Waals surface area contributed by atoms with Gasteiger partial charge in [0.15, 0.2) is 5.69 Å². The Hall–Kier alpha value is -1.93. The number of hydrogen-bond donors (Lipinski definition) is 0. The van der Waals surface area contributed by atoms with E-state index in [1.165, 1.54) is 23.7 Å². The first kappa shape index (κ1) is 21.3. The van der Waals surface area contributed by atoms with E-state index in [4.69, 9.17) is 0 Å². The van der Waals surface area contributed by atoms with Gasteiger partial charge in [0, 0.05) is 30.7 Å². The maximum atomic E-state index is 14.2. The first-order valence-corrected chi connectivity index (χ1v) is 11.5. The van der Waals surface area contributed by atoms with E-state index in [0.29, 0.717) is 30.9 Å². The van der Waals surface area contributed by atoms with Crippen LogP contribution in [0, 0.1) is 11.6 Å². The van der Waals surface area contributed by atoms with Crippen LogP contribution in [0.15, 0.2) is 18.2 Å². The molecule has 1 aromatic carbocycles. The molecule has 2 fully saturated rings. The van der Waals surface area contributed by atoms with Crippen molar-refractivity contribution in [3.63, 3.8) is 0 Å². The summed E-state index contributed by atoms with van der Waals surface area (Å²) in [5.41, 5.74) is 0.828. The van der Waals surface area contributed by atoms with Crippen molar-refractivity contribution in [2.24, 2.45) is 0 Å². The van der Waals surface area contributed by atoms with Gasteiger partial charge in [0.1, 0.15) is 11.6 Å². The van der Waals surface area contributed by atoms with Crippen molar-refractivity contribution in [3.05, 3.63) is 46.0 Å². The van der Waals surface area contributed by atoms with Gasteiger partial charge in [-0.1, -0.05) is 18.3 Å². The lowest BCUT2D eigenvalue weighted by atomic mass is 9.87. The predicted molar refractivity (Wildman–Crippen MR) is 112 cm³/mol. The van der Waals surface area contributed by atoms with Gasteiger partial charge < -0.3 is 4.90 Å². The largest absolute Gasteiger partial charge is 0.337 e. The summed E-state index contributed by atoms with van der Waals surface area (Å²) in [5.74, 6) is -0.588. The average molecular weight is 435 g/mol. The number of carbonyl (C=O) groups excluding carboxylic acids is 1. The molecule has 1 spiro atoms. The SMILES string of the molecule is CC(C)c1snnc1C(=O)N1CCCC2(CCCN2Cc2cc(F)ccc2F)CC1. The second kappa shape index (κ2) is 8.67. The highest BCUT2D eigenvalue weighted by Crippen LogP contribution is 2.40. The van der Waals surface area contributed by atoms with Crippen LogP contribution in [0.25, 0.3) is 0 Å². The molecule has 0 radical (unpaired) electrons. The fraction of sp³-hybridized carbons (Fsp3) is 0.591. The topological polar surface area (TPSA) is 49.3 Å². The summed E-state index contributed by atoms with van der Waals surface area (Å²) >= 11 is 1.30. The minimum Gasteiger partial charge on any atom is -0.337 e. The van der Waals surface area contributed by atoms with Crippen molar-refractivity contribution < 1.29 is 13.6 Å². The first-order valence-electron chi connectivity index (χ1n) is 10.7. The van der Waals surface area contributed by atoms with E-state index in [0.717, 1.165) is 49.6 Å². The number of benzene rings is 1. The summed E-state index contributed by atoms with van der Waals surface area (Å²) in [5, 5.41) is 4.11. The molecule has 2 aliphatic heterocycles. The molecule has 0 aliphatic carbocycles. The van der Waals surface area contributed by atoms with Gasteiger partial charge in [0.25, 0.3) is 5.91 Å². The molecule has 1 amide bonds. The van der Waals surface area contributed by atoms with Gasteiger partial charge >= 0.3 is 0 Å². The zero-order valence-corrected chi connectivity index (χ0v) is 18.4. The van der Waals surface area contributed by atoms with Gasteiger partial charge in [0.2, 0.25) is 0 Å². The molecule has 2 aromatic rings. The Labute approximate surface area is 180 Å². The number of aromatic nitrogens is 2. The Morgan fingerprint density at radius 3 is 2.70 bits per heavy atom. The van der Waals surface area contributed by atoms with Crippen molar-refractivity contribution in [1.82, 2.24) is 19.4 Å². The van der Waals surface area contributed by atoms with Crippen molar-refractivity contribution in [1.29, 1.82) is 0 Å². The number of nitrogens with zero attached hydrogens (tertiary/aromatic N) is 4. The van der Waals surface area contributed by atoms with Crippen LogP contribution in [0.1, 0.15) is 72.8 Å². The molecule has 3 heterocycles. The molecule has 1 atom stereocenters. The summed E-state index contributed by atoms with van der Waals surface area (Å²) in [6.45, 7) is 6.72. The number of rotatable bonds is 4. The Kier molecular flexibility index (Phi) is 6.16. The molecule has 0 bridgehead atoms. The highest BCUT2D eigenvalue weighted by atomic mass is 32.1. The fourth-order valence-corrected chi connectivity index (χ4v) is 5.57. The summed E-state index contributed by atoms with van der Waals surface area (Å²) in [6.07, 6.45) is 4.76. The number of likely N-dealkylation sites (tertiary alicyclic amines) is 2. The molecule has 162 valence electrons. The first-order chi connectivity index (χ1) is 14.4. The molecule has 2 aliphatic rings. The van der Waals surface area contributed by atoms with Gasteiger partial charge in [-0.25, -0.2) is 8.78 Å². The van der Waals surface area contributed by atoms with E-state index in [1.54, 1.807) is 0 Å². The predicted octanol–water partition coefficient (Wildman–Crippen LogP) is 4.60. The molecule has 1 unspecified atom stereocenters. The van der Waals surface area contributed by atoms with Gasteiger partial charge in [-0.15, -0.1) is 5.10 Å². The van der Waals surface area contributed by atoms with E-state index in [2.05, 4.69) is 14.5 Å². The normalized spacial score (nSPS) is 22.8. The van der Waals surface area contributed by atoms with Crippen LogP contribution >= 0.6 is 11.5 Å².